The zero-order chi connectivity index (χ0) is 12.5. The monoisotopic (exact) mass is 249 g/mol. The minimum absolute atomic E-state index is 0.232. The van der Waals surface area contributed by atoms with Crippen molar-refractivity contribution in [3.8, 4) is 11.5 Å². The van der Waals surface area contributed by atoms with Crippen LogP contribution in [0, 0.1) is 0 Å². The normalized spacial score (nSPS) is 30.8. The summed E-state index contributed by atoms with van der Waals surface area (Å²) in [5, 5.41) is 13.1. The second-order valence-electron chi connectivity index (χ2n) is 5.16. The van der Waals surface area contributed by atoms with Crippen molar-refractivity contribution in [2.75, 3.05) is 13.2 Å². The van der Waals surface area contributed by atoms with E-state index in [1.165, 1.54) is 0 Å². The van der Waals surface area contributed by atoms with E-state index in [0.717, 1.165) is 30.8 Å². The number of nitrogens with one attached hydrogen (secondary N) is 1. The van der Waals surface area contributed by atoms with Gasteiger partial charge in [0.15, 0.2) is 0 Å². The summed E-state index contributed by atoms with van der Waals surface area (Å²) in [6.45, 7) is 3.59. The molecule has 4 nitrogen and oxygen atoms in total. The Morgan fingerprint density at radius 2 is 2.28 bits per heavy atom. The lowest BCUT2D eigenvalue weighted by Gasteiger charge is -2.30. The Morgan fingerprint density at radius 3 is 3.11 bits per heavy atom. The van der Waals surface area contributed by atoms with Gasteiger partial charge in [0.25, 0.3) is 0 Å². The zero-order valence-electron chi connectivity index (χ0n) is 10.6. The number of ether oxygens (including phenoxy) is 2. The summed E-state index contributed by atoms with van der Waals surface area (Å²) in [5.74, 6) is 1.06. The fourth-order valence-electron chi connectivity index (χ4n) is 2.77. The molecule has 18 heavy (non-hydrogen) atoms. The maximum Gasteiger partial charge on any atom is 0.127 e. The molecule has 0 saturated carbocycles. The molecule has 3 atom stereocenters. The van der Waals surface area contributed by atoms with Gasteiger partial charge in [-0.3, -0.25) is 0 Å². The Hall–Kier alpha value is -1.26. The average Bonchev–Trinajstić information content (AvgIpc) is 2.72. The van der Waals surface area contributed by atoms with Crippen LogP contribution < -0.4 is 10.1 Å². The molecule has 0 amide bonds. The summed E-state index contributed by atoms with van der Waals surface area (Å²) < 4.78 is 11.2. The van der Waals surface area contributed by atoms with Crippen LogP contribution in [0.2, 0.25) is 0 Å². The molecule has 0 spiro atoms. The van der Waals surface area contributed by atoms with Gasteiger partial charge in [-0.2, -0.15) is 0 Å². The Morgan fingerprint density at radius 1 is 1.39 bits per heavy atom. The standard InChI is InChI=1S/C14H19NO3/c1-9-6-10(4-5-17-9)15-13-8-18-14-7-11(16)2-3-12(13)14/h2-3,7,9-10,13,15-16H,4-6,8H2,1H3. The average molecular weight is 249 g/mol. The van der Waals surface area contributed by atoms with Crippen molar-refractivity contribution < 1.29 is 14.6 Å². The third-order valence-corrected chi connectivity index (χ3v) is 3.70. The quantitative estimate of drug-likeness (QED) is 0.841. The molecule has 1 fully saturated rings. The molecule has 2 aliphatic rings. The van der Waals surface area contributed by atoms with Crippen molar-refractivity contribution in [2.45, 2.75) is 38.0 Å². The van der Waals surface area contributed by atoms with Crippen LogP contribution in [-0.4, -0.2) is 30.5 Å². The molecule has 0 aromatic heterocycles. The van der Waals surface area contributed by atoms with Gasteiger partial charge in [0.1, 0.15) is 18.1 Å². The summed E-state index contributed by atoms with van der Waals surface area (Å²) >= 11 is 0. The molecule has 98 valence electrons. The van der Waals surface area contributed by atoms with Crippen molar-refractivity contribution in [1.82, 2.24) is 5.32 Å². The molecule has 1 saturated heterocycles. The number of phenols is 1. The van der Waals surface area contributed by atoms with Gasteiger partial charge in [-0.05, 0) is 31.9 Å². The topological polar surface area (TPSA) is 50.7 Å². The Kier molecular flexibility index (Phi) is 3.14. The molecule has 1 aromatic carbocycles. The smallest absolute Gasteiger partial charge is 0.127 e. The number of hydrogen-bond donors (Lipinski definition) is 2. The van der Waals surface area contributed by atoms with Crippen LogP contribution in [0.4, 0.5) is 0 Å². The third-order valence-electron chi connectivity index (χ3n) is 3.70. The van der Waals surface area contributed by atoms with E-state index in [0.29, 0.717) is 18.8 Å². The van der Waals surface area contributed by atoms with Gasteiger partial charge in [-0.15, -0.1) is 0 Å². The van der Waals surface area contributed by atoms with Crippen LogP contribution in [0.3, 0.4) is 0 Å². The predicted molar refractivity (Wildman–Crippen MR) is 67.9 cm³/mol. The summed E-state index contributed by atoms with van der Waals surface area (Å²) in [4.78, 5) is 0. The number of fused-ring (bicyclic) bond motifs is 1. The second-order valence-corrected chi connectivity index (χ2v) is 5.16. The van der Waals surface area contributed by atoms with E-state index in [2.05, 4.69) is 12.2 Å². The first kappa shape index (κ1) is 11.8. The number of rotatable bonds is 2. The van der Waals surface area contributed by atoms with E-state index in [1.54, 1.807) is 12.1 Å². The molecule has 2 aliphatic heterocycles. The highest BCUT2D eigenvalue weighted by Gasteiger charge is 2.28. The van der Waals surface area contributed by atoms with Crippen LogP contribution in [0.25, 0.3) is 0 Å². The maximum atomic E-state index is 9.42. The van der Waals surface area contributed by atoms with Crippen molar-refractivity contribution in [3.05, 3.63) is 23.8 Å². The molecule has 3 unspecified atom stereocenters. The second kappa shape index (κ2) is 4.78. The van der Waals surface area contributed by atoms with Gasteiger partial charge >= 0.3 is 0 Å². The van der Waals surface area contributed by atoms with E-state index in [4.69, 9.17) is 9.47 Å². The Balaban J connectivity index is 1.69. The first-order valence-corrected chi connectivity index (χ1v) is 6.56. The summed E-state index contributed by atoms with van der Waals surface area (Å²) in [6, 6.07) is 6.06. The van der Waals surface area contributed by atoms with Crippen molar-refractivity contribution in [1.29, 1.82) is 0 Å². The fraction of sp³-hybridized carbons (Fsp3) is 0.571. The van der Waals surface area contributed by atoms with Crippen LogP contribution in [0.1, 0.15) is 31.4 Å². The SMILES string of the molecule is CC1CC(NC2COc3cc(O)ccc32)CCO1. The molecule has 0 radical (unpaired) electrons. The molecule has 0 aliphatic carbocycles. The Labute approximate surface area is 107 Å². The number of aromatic hydroxyl groups is 1. The number of benzene rings is 1. The van der Waals surface area contributed by atoms with E-state index < -0.39 is 0 Å². The molecule has 1 aromatic rings. The lowest BCUT2D eigenvalue weighted by molar-refractivity contribution is 0.0107. The molecule has 2 heterocycles. The molecule has 2 N–H and O–H groups in total. The lowest BCUT2D eigenvalue weighted by Crippen LogP contribution is -2.40. The predicted octanol–water partition coefficient (Wildman–Crippen LogP) is 1.98. The van der Waals surface area contributed by atoms with Crippen LogP contribution in [0.5, 0.6) is 11.5 Å². The van der Waals surface area contributed by atoms with E-state index >= 15 is 0 Å². The van der Waals surface area contributed by atoms with Crippen LogP contribution >= 0.6 is 0 Å². The van der Waals surface area contributed by atoms with Crippen molar-refractivity contribution in [3.63, 3.8) is 0 Å². The first-order chi connectivity index (χ1) is 8.72. The van der Waals surface area contributed by atoms with Crippen molar-refractivity contribution in [2.24, 2.45) is 0 Å². The third kappa shape index (κ3) is 2.31. The van der Waals surface area contributed by atoms with Gasteiger partial charge in [0, 0.05) is 24.3 Å². The van der Waals surface area contributed by atoms with E-state index in [1.807, 2.05) is 6.07 Å². The van der Waals surface area contributed by atoms with Gasteiger partial charge < -0.3 is 19.9 Å². The van der Waals surface area contributed by atoms with Gasteiger partial charge in [-0.25, -0.2) is 0 Å². The molecular formula is C14H19NO3. The number of phenolic OH excluding ortho intramolecular Hbond substituents is 1. The molecule has 3 rings (SSSR count). The van der Waals surface area contributed by atoms with Crippen LogP contribution in [-0.2, 0) is 4.74 Å². The minimum atomic E-state index is 0.232. The highest BCUT2D eigenvalue weighted by Crippen LogP contribution is 2.35. The van der Waals surface area contributed by atoms with Crippen LogP contribution in [0.15, 0.2) is 18.2 Å². The van der Waals surface area contributed by atoms with E-state index in [-0.39, 0.29) is 11.8 Å². The van der Waals surface area contributed by atoms with E-state index in [9.17, 15) is 5.11 Å². The molecule has 0 bridgehead atoms. The highest BCUT2D eigenvalue weighted by atomic mass is 16.5. The number of hydrogen-bond acceptors (Lipinski definition) is 4. The summed E-state index contributed by atoms with van der Waals surface area (Å²) in [5.41, 5.74) is 1.15. The largest absolute Gasteiger partial charge is 0.508 e. The lowest BCUT2D eigenvalue weighted by atomic mass is 10.0. The van der Waals surface area contributed by atoms with Crippen molar-refractivity contribution >= 4 is 0 Å². The molecule has 4 heteroatoms. The molecular weight excluding hydrogens is 230 g/mol. The fourth-order valence-corrected chi connectivity index (χ4v) is 2.77. The van der Waals surface area contributed by atoms with Gasteiger partial charge in [-0.1, -0.05) is 0 Å². The Bertz CT molecular complexity index is 435. The minimum Gasteiger partial charge on any atom is -0.508 e. The van der Waals surface area contributed by atoms with Gasteiger partial charge in [0.05, 0.1) is 12.1 Å². The van der Waals surface area contributed by atoms with Gasteiger partial charge in [0.2, 0.25) is 0 Å². The zero-order valence-corrected chi connectivity index (χ0v) is 10.6. The maximum absolute atomic E-state index is 9.42. The highest BCUT2D eigenvalue weighted by molar-refractivity contribution is 5.44. The summed E-state index contributed by atoms with van der Waals surface area (Å²) in [6.07, 6.45) is 2.43. The first-order valence-electron chi connectivity index (χ1n) is 6.56. The summed E-state index contributed by atoms with van der Waals surface area (Å²) in [7, 11) is 0.